The maximum absolute atomic E-state index is 11.7. The van der Waals surface area contributed by atoms with Crippen LogP contribution in [0.3, 0.4) is 0 Å². The van der Waals surface area contributed by atoms with Crippen LogP contribution in [0.2, 0.25) is 0 Å². The van der Waals surface area contributed by atoms with Crippen molar-refractivity contribution in [3.63, 3.8) is 0 Å². The highest BCUT2D eigenvalue weighted by Crippen LogP contribution is 2.20. The Kier molecular flexibility index (Phi) is 2.48. The molecule has 2 heterocycles. The fourth-order valence-electron chi connectivity index (χ4n) is 2.02. The van der Waals surface area contributed by atoms with Crippen molar-refractivity contribution in [2.24, 2.45) is 14.1 Å². The van der Waals surface area contributed by atoms with Crippen molar-refractivity contribution in [1.29, 1.82) is 0 Å². The van der Waals surface area contributed by atoms with Crippen LogP contribution in [0.4, 0.5) is 0 Å². The summed E-state index contributed by atoms with van der Waals surface area (Å²) in [6, 6.07) is 1.70. The van der Waals surface area contributed by atoms with Gasteiger partial charge in [0.1, 0.15) is 0 Å². The Morgan fingerprint density at radius 1 is 1.33 bits per heavy atom. The Balaban J connectivity index is 2.57. The van der Waals surface area contributed by atoms with Crippen molar-refractivity contribution in [2.45, 2.75) is 18.9 Å². The Labute approximate surface area is 87.3 Å². The third-order valence-electron chi connectivity index (χ3n) is 2.98. The lowest BCUT2D eigenvalue weighted by molar-refractivity contribution is 0.556. The first-order chi connectivity index (χ1) is 7.11. The molecular weight excluding hydrogens is 194 g/mol. The van der Waals surface area contributed by atoms with Gasteiger partial charge in [-0.1, -0.05) is 0 Å². The van der Waals surface area contributed by atoms with E-state index in [0.717, 1.165) is 29.6 Å². The van der Waals surface area contributed by atoms with E-state index in [-0.39, 0.29) is 17.3 Å². The Hall–Kier alpha value is -1.36. The van der Waals surface area contributed by atoms with E-state index in [1.165, 1.54) is 7.05 Å². The van der Waals surface area contributed by atoms with E-state index in [9.17, 15) is 9.59 Å². The van der Waals surface area contributed by atoms with Gasteiger partial charge in [0.05, 0.1) is 0 Å². The van der Waals surface area contributed by atoms with Crippen LogP contribution >= 0.6 is 0 Å². The second kappa shape index (κ2) is 3.66. The molecule has 1 saturated heterocycles. The number of hydrogen-bond acceptors (Lipinski definition) is 3. The molecule has 1 aliphatic rings. The van der Waals surface area contributed by atoms with Crippen molar-refractivity contribution in [2.75, 3.05) is 6.54 Å². The summed E-state index contributed by atoms with van der Waals surface area (Å²) in [5.41, 5.74) is 0.300. The minimum atomic E-state index is -0.258. The van der Waals surface area contributed by atoms with Gasteiger partial charge in [-0.25, -0.2) is 4.79 Å². The molecule has 5 nitrogen and oxygen atoms in total. The van der Waals surface area contributed by atoms with Crippen LogP contribution in [0.25, 0.3) is 0 Å². The molecule has 82 valence electrons. The number of hydrogen-bond donors (Lipinski definition) is 1. The average molecular weight is 209 g/mol. The van der Waals surface area contributed by atoms with Crippen molar-refractivity contribution >= 4 is 0 Å². The SMILES string of the molecule is Cn1c([C@@H]2CCCN2)cc(=O)n(C)c1=O. The van der Waals surface area contributed by atoms with Gasteiger partial charge in [-0.2, -0.15) is 0 Å². The van der Waals surface area contributed by atoms with Gasteiger partial charge in [0.25, 0.3) is 5.56 Å². The predicted octanol–water partition coefficient (Wildman–Crippen LogP) is -0.492. The van der Waals surface area contributed by atoms with Crippen LogP contribution in [0.5, 0.6) is 0 Å². The lowest BCUT2D eigenvalue weighted by atomic mass is 10.1. The molecular formula is C10H15N3O2. The van der Waals surface area contributed by atoms with Crippen molar-refractivity contribution < 1.29 is 0 Å². The standard InChI is InChI=1S/C10H15N3O2/c1-12-8(7-4-3-5-11-7)6-9(14)13(2)10(12)15/h6-7,11H,3-5H2,1-2H3/t7-/m0/s1. The number of rotatable bonds is 1. The zero-order chi connectivity index (χ0) is 11.0. The molecule has 2 rings (SSSR count). The molecule has 0 spiro atoms. The summed E-state index contributed by atoms with van der Waals surface area (Å²) in [4.78, 5) is 23.2. The van der Waals surface area contributed by atoms with E-state index < -0.39 is 0 Å². The van der Waals surface area contributed by atoms with Gasteiger partial charge in [0.2, 0.25) is 0 Å². The smallest absolute Gasteiger partial charge is 0.309 e. The van der Waals surface area contributed by atoms with Crippen molar-refractivity contribution in [3.8, 4) is 0 Å². The molecule has 5 heteroatoms. The van der Waals surface area contributed by atoms with Gasteiger partial charge in [-0.05, 0) is 19.4 Å². The van der Waals surface area contributed by atoms with Crippen LogP contribution < -0.4 is 16.6 Å². The van der Waals surface area contributed by atoms with Gasteiger partial charge in [-0.15, -0.1) is 0 Å². The molecule has 1 N–H and O–H groups in total. The molecule has 1 atom stereocenters. The van der Waals surface area contributed by atoms with Gasteiger partial charge in [-0.3, -0.25) is 13.9 Å². The van der Waals surface area contributed by atoms with E-state index >= 15 is 0 Å². The van der Waals surface area contributed by atoms with E-state index in [1.807, 2.05) is 0 Å². The highest BCUT2D eigenvalue weighted by atomic mass is 16.2. The maximum Gasteiger partial charge on any atom is 0.330 e. The van der Waals surface area contributed by atoms with Gasteiger partial charge in [0, 0.05) is 31.9 Å². The lowest BCUT2D eigenvalue weighted by Crippen LogP contribution is -2.39. The zero-order valence-corrected chi connectivity index (χ0v) is 8.99. The maximum atomic E-state index is 11.7. The average Bonchev–Trinajstić information content (AvgIpc) is 2.73. The molecule has 15 heavy (non-hydrogen) atoms. The fourth-order valence-corrected chi connectivity index (χ4v) is 2.02. The summed E-state index contributed by atoms with van der Waals surface area (Å²) < 4.78 is 2.67. The fraction of sp³-hybridized carbons (Fsp3) is 0.600. The van der Waals surface area contributed by atoms with Gasteiger partial charge >= 0.3 is 5.69 Å². The molecule has 1 fully saturated rings. The topological polar surface area (TPSA) is 56.0 Å². The summed E-state index contributed by atoms with van der Waals surface area (Å²) in [5.74, 6) is 0. The number of aromatic nitrogens is 2. The lowest BCUT2D eigenvalue weighted by Gasteiger charge is -2.15. The van der Waals surface area contributed by atoms with E-state index in [0.29, 0.717) is 0 Å². The second-order valence-corrected chi connectivity index (χ2v) is 3.96. The van der Waals surface area contributed by atoms with E-state index in [1.54, 1.807) is 17.7 Å². The first-order valence-corrected chi connectivity index (χ1v) is 5.11. The molecule has 0 amide bonds. The van der Waals surface area contributed by atoms with E-state index in [4.69, 9.17) is 0 Å². The van der Waals surface area contributed by atoms with Crippen LogP contribution in [0, 0.1) is 0 Å². The summed E-state index contributed by atoms with van der Waals surface area (Å²) in [6.07, 6.45) is 2.08. The number of nitrogens with zero attached hydrogens (tertiary/aromatic N) is 2. The second-order valence-electron chi connectivity index (χ2n) is 3.96. The molecule has 0 bridgehead atoms. The predicted molar refractivity (Wildman–Crippen MR) is 56.9 cm³/mol. The normalized spacial score (nSPS) is 20.8. The van der Waals surface area contributed by atoms with Crippen LogP contribution in [0.15, 0.2) is 15.7 Å². The van der Waals surface area contributed by atoms with Crippen molar-refractivity contribution in [3.05, 3.63) is 32.6 Å². The molecule has 0 saturated carbocycles. The summed E-state index contributed by atoms with van der Waals surface area (Å²) in [6.45, 7) is 0.952. The van der Waals surface area contributed by atoms with Crippen LogP contribution in [-0.2, 0) is 14.1 Å². The zero-order valence-electron chi connectivity index (χ0n) is 8.99. The number of nitrogens with one attached hydrogen (secondary N) is 1. The molecule has 0 radical (unpaired) electrons. The largest absolute Gasteiger partial charge is 0.330 e. The Morgan fingerprint density at radius 3 is 2.67 bits per heavy atom. The monoisotopic (exact) mass is 209 g/mol. The highest BCUT2D eigenvalue weighted by Gasteiger charge is 2.20. The molecule has 1 aliphatic heterocycles. The van der Waals surface area contributed by atoms with Crippen molar-refractivity contribution in [1.82, 2.24) is 14.5 Å². The molecule has 0 aromatic carbocycles. The summed E-state index contributed by atoms with van der Waals surface area (Å²) >= 11 is 0. The first kappa shape index (κ1) is 10.2. The van der Waals surface area contributed by atoms with E-state index in [2.05, 4.69) is 5.32 Å². The Morgan fingerprint density at radius 2 is 2.07 bits per heavy atom. The highest BCUT2D eigenvalue weighted by molar-refractivity contribution is 5.09. The third kappa shape index (κ3) is 1.63. The minimum Gasteiger partial charge on any atom is -0.309 e. The summed E-state index contributed by atoms with van der Waals surface area (Å²) in [5, 5.41) is 3.28. The Bertz CT molecular complexity index is 480. The van der Waals surface area contributed by atoms with Gasteiger partial charge < -0.3 is 5.32 Å². The summed E-state index contributed by atoms with van der Waals surface area (Å²) in [7, 11) is 3.20. The molecule has 1 aromatic rings. The quantitative estimate of drug-likeness (QED) is 0.679. The minimum absolute atomic E-state index is 0.150. The third-order valence-corrected chi connectivity index (χ3v) is 2.98. The molecule has 0 unspecified atom stereocenters. The molecule has 0 aliphatic carbocycles. The van der Waals surface area contributed by atoms with Crippen LogP contribution in [-0.4, -0.2) is 15.7 Å². The first-order valence-electron chi connectivity index (χ1n) is 5.11. The van der Waals surface area contributed by atoms with Crippen LogP contribution in [0.1, 0.15) is 24.6 Å². The van der Waals surface area contributed by atoms with Gasteiger partial charge in [0.15, 0.2) is 0 Å². The molecule has 1 aromatic heterocycles.